The monoisotopic (exact) mass is 479 g/mol. The molecule has 4 rings (SSSR count). The second-order valence-electron chi connectivity index (χ2n) is 8.01. The van der Waals surface area contributed by atoms with Gasteiger partial charge in [0.15, 0.2) is 0 Å². The molecule has 0 radical (unpaired) electrons. The Balaban J connectivity index is 1.31. The molecule has 0 spiro atoms. The summed E-state index contributed by atoms with van der Waals surface area (Å²) in [5.41, 5.74) is 2.66. The van der Waals surface area contributed by atoms with Gasteiger partial charge in [-0.3, -0.25) is 14.6 Å². The molecule has 176 valence electrons. The number of carbonyl (C=O) groups is 2. The predicted molar refractivity (Wildman–Crippen MR) is 129 cm³/mol. The number of benzene rings is 2. The first-order chi connectivity index (χ1) is 16.3. The molecule has 1 aliphatic rings. The van der Waals surface area contributed by atoms with Crippen molar-refractivity contribution in [1.82, 2.24) is 19.6 Å². The number of sulfonamides is 1. The minimum Gasteiger partial charge on any atom is -0.350 e. The van der Waals surface area contributed by atoms with Gasteiger partial charge in [-0.05, 0) is 55.3 Å². The molecule has 1 aliphatic heterocycles. The van der Waals surface area contributed by atoms with E-state index in [1.807, 2.05) is 24.3 Å². The van der Waals surface area contributed by atoms with E-state index in [1.165, 1.54) is 29.4 Å². The lowest BCUT2D eigenvalue weighted by Crippen LogP contribution is -2.46. The minimum absolute atomic E-state index is 0.117. The Morgan fingerprint density at radius 1 is 1.03 bits per heavy atom. The summed E-state index contributed by atoms with van der Waals surface area (Å²) in [5.74, 6) is -0.482. The number of aromatic nitrogens is 2. The highest BCUT2D eigenvalue weighted by Crippen LogP contribution is 2.22. The fourth-order valence-corrected chi connectivity index (χ4v) is 5.23. The van der Waals surface area contributed by atoms with Gasteiger partial charge in [0.25, 0.3) is 0 Å². The number of rotatable bonds is 6. The van der Waals surface area contributed by atoms with Crippen molar-refractivity contribution in [2.45, 2.75) is 30.7 Å². The molecule has 0 unspecified atom stereocenters. The normalized spacial score (nSPS) is 15.4. The fourth-order valence-electron chi connectivity index (χ4n) is 3.77. The van der Waals surface area contributed by atoms with Crippen molar-refractivity contribution in [2.24, 2.45) is 0 Å². The highest BCUT2D eigenvalue weighted by Gasteiger charge is 2.29. The van der Waals surface area contributed by atoms with Gasteiger partial charge in [0.05, 0.1) is 27.8 Å². The van der Waals surface area contributed by atoms with Gasteiger partial charge in [-0.1, -0.05) is 12.1 Å². The van der Waals surface area contributed by atoms with E-state index in [0.717, 1.165) is 11.0 Å². The summed E-state index contributed by atoms with van der Waals surface area (Å²) in [5, 5.41) is 5.54. The van der Waals surface area contributed by atoms with Crippen LogP contribution in [0.15, 0.2) is 65.7 Å². The zero-order chi connectivity index (χ0) is 24.1. The summed E-state index contributed by atoms with van der Waals surface area (Å²) in [6.45, 7) is 2.00. The van der Waals surface area contributed by atoms with Gasteiger partial charge in [0, 0.05) is 37.8 Å². The maximum atomic E-state index is 12.9. The van der Waals surface area contributed by atoms with E-state index in [0.29, 0.717) is 37.3 Å². The quantitative estimate of drug-likeness (QED) is 0.524. The van der Waals surface area contributed by atoms with Crippen LogP contribution in [0.2, 0.25) is 0 Å². The summed E-state index contributed by atoms with van der Waals surface area (Å²) < 4.78 is 27.3. The number of carbonyl (C=O) groups excluding carboxylic acids is 2. The lowest BCUT2D eigenvalue weighted by molar-refractivity contribution is -0.117. The molecule has 1 saturated heterocycles. The number of nitrogens with one attached hydrogen (secondary N) is 2. The van der Waals surface area contributed by atoms with Crippen molar-refractivity contribution in [1.29, 1.82) is 0 Å². The molecular formula is C24H25N5O4S. The van der Waals surface area contributed by atoms with Crippen LogP contribution in [-0.2, 0) is 19.6 Å². The molecule has 0 atom stereocenters. The largest absolute Gasteiger partial charge is 0.350 e. The van der Waals surface area contributed by atoms with Gasteiger partial charge in [-0.25, -0.2) is 13.4 Å². The zero-order valence-corrected chi connectivity index (χ0v) is 19.5. The first-order valence-corrected chi connectivity index (χ1v) is 12.3. The Morgan fingerprint density at radius 3 is 2.38 bits per heavy atom. The molecule has 2 aromatic carbocycles. The number of anilines is 1. The van der Waals surface area contributed by atoms with Crippen LogP contribution < -0.4 is 10.6 Å². The fraction of sp³-hybridized carbons (Fsp3) is 0.250. The van der Waals surface area contributed by atoms with Crippen molar-refractivity contribution in [3.63, 3.8) is 0 Å². The first kappa shape index (κ1) is 23.5. The molecule has 2 heterocycles. The topological polar surface area (TPSA) is 121 Å². The third kappa shape index (κ3) is 5.64. The number of para-hydroxylation sites is 2. The molecule has 0 saturated carbocycles. The lowest BCUT2D eigenvalue weighted by Gasteiger charge is -2.31. The van der Waals surface area contributed by atoms with Crippen molar-refractivity contribution >= 4 is 44.6 Å². The van der Waals surface area contributed by atoms with Crippen molar-refractivity contribution in [2.75, 3.05) is 18.4 Å². The molecule has 1 aromatic heterocycles. The number of hydrogen-bond acceptors (Lipinski definition) is 6. The number of nitrogens with zero attached hydrogens (tertiary/aromatic N) is 3. The Hall–Kier alpha value is -3.63. The van der Waals surface area contributed by atoms with E-state index < -0.39 is 10.0 Å². The van der Waals surface area contributed by atoms with Gasteiger partial charge < -0.3 is 10.6 Å². The van der Waals surface area contributed by atoms with Crippen LogP contribution >= 0.6 is 0 Å². The smallest absolute Gasteiger partial charge is 0.244 e. The van der Waals surface area contributed by atoms with Gasteiger partial charge >= 0.3 is 0 Å². The molecule has 2 amide bonds. The van der Waals surface area contributed by atoms with Crippen LogP contribution in [0.4, 0.5) is 5.69 Å². The van der Waals surface area contributed by atoms with E-state index in [9.17, 15) is 18.0 Å². The third-order valence-electron chi connectivity index (χ3n) is 5.49. The summed E-state index contributed by atoms with van der Waals surface area (Å²) >= 11 is 0. The van der Waals surface area contributed by atoms with Crippen LogP contribution in [0.5, 0.6) is 0 Å². The highest BCUT2D eigenvalue weighted by molar-refractivity contribution is 7.89. The van der Waals surface area contributed by atoms with E-state index in [2.05, 4.69) is 20.6 Å². The molecule has 1 fully saturated rings. The third-order valence-corrected chi connectivity index (χ3v) is 7.40. The van der Waals surface area contributed by atoms with E-state index in [-0.39, 0.29) is 22.8 Å². The van der Waals surface area contributed by atoms with Gasteiger partial charge in [0.2, 0.25) is 21.8 Å². The van der Waals surface area contributed by atoms with Crippen molar-refractivity contribution in [3.05, 3.63) is 66.5 Å². The maximum Gasteiger partial charge on any atom is 0.244 e. The van der Waals surface area contributed by atoms with Crippen LogP contribution in [0.3, 0.4) is 0 Å². The summed E-state index contributed by atoms with van der Waals surface area (Å²) in [7, 11) is -3.64. The standard InChI is InChI=1S/C24H25N5O4S/c1-17(30)26-18-6-9-21(10-7-18)34(32,33)29-14-12-19(13-15-29)28-24(31)11-8-20-16-25-22-4-2-3-5-23(22)27-20/h2-11,16,19H,12-15H2,1H3,(H,26,30)(H,28,31)/b11-8+. The van der Waals surface area contributed by atoms with Crippen molar-refractivity contribution < 1.29 is 18.0 Å². The summed E-state index contributed by atoms with van der Waals surface area (Å²) in [6, 6.07) is 13.5. The molecular weight excluding hydrogens is 454 g/mol. The van der Waals surface area contributed by atoms with Crippen LogP contribution in [0, 0.1) is 0 Å². The Kier molecular flexibility index (Phi) is 6.99. The number of piperidine rings is 1. The molecule has 0 bridgehead atoms. The molecule has 3 aromatic rings. The SMILES string of the molecule is CC(=O)Nc1ccc(S(=O)(=O)N2CCC(NC(=O)/C=C/c3cnc4ccccc4n3)CC2)cc1. The van der Waals surface area contributed by atoms with E-state index >= 15 is 0 Å². The number of hydrogen-bond donors (Lipinski definition) is 2. The predicted octanol–water partition coefficient (Wildman–Crippen LogP) is 2.57. The molecule has 0 aliphatic carbocycles. The summed E-state index contributed by atoms with van der Waals surface area (Å²) in [6.07, 6.45) is 5.66. The Labute approximate surface area is 198 Å². The van der Waals surface area contributed by atoms with Crippen molar-refractivity contribution in [3.8, 4) is 0 Å². The zero-order valence-electron chi connectivity index (χ0n) is 18.6. The van der Waals surface area contributed by atoms with Crippen LogP contribution in [0.1, 0.15) is 25.5 Å². The van der Waals surface area contributed by atoms with E-state index in [1.54, 1.807) is 24.4 Å². The second-order valence-corrected chi connectivity index (χ2v) is 9.95. The van der Waals surface area contributed by atoms with Crippen LogP contribution in [-0.4, -0.2) is 53.6 Å². The Bertz CT molecular complexity index is 1330. The van der Waals surface area contributed by atoms with Gasteiger partial charge in [-0.15, -0.1) is 0 Å². The highest BCUT2D eigenvalue weighted by atomic mass is 32.2. The molecule has 10 heteroatoms. The average molecular weight is 480 g/mol. The maximum absolute atomic E-state index is 12.9. The van der Waals surface area contributed by atoms with E-state index in [4.69, 9.17) is 0 Å². The Morgan fingerprint density at radius 2 is 1.71 bits per heavy atom. The number of fused-ring (bicyclic) bond motifs is 1. The number of amides is 2. The van der Waals surface area contributed by atoms with Crippen LogP contribution in [0.25, 0.3) is 17.1 Å². The molecule has 34 heavy (non-hydrogen) atoms. The summed E-state index contributed by atoms with van der Waals surface area (Å²) in [4.78, 5) is 32.4. The minimum atomic E-state index is -3.64. The van der Waals surface area contributed by atoms with Gasteiger partial charge in [-0.2, -0.15) is 4.31 Å². The van der Waals surface area contributed by atoms with Gasteiger partial charge in [0.1, 0.15) is 0 Å². The first-order valence-electron chi connectivity index (χ1n) is 10.9. The lowest BCUT2D eigenvalue weighted by atomic mass is 10.1. The average Bonchev–Trinajstić information content (AvgIpc) is 2.83. The molecule has 2 N–H and O–H groups in total. The second kappa shape index (κ2) is 10.1. The molecule has 9 nitrogen and oxygen atoms in total.